The average Bonchev–Trinajstić information content (AvgIpc) is 2.66. The van der Waals surface area contributed by atoms with Gasteiger partial charge in [-0.3, -0.25) is 4.90 Å². The van der Waals surface area contributed by atoms with Crippen LogP contribution in [-0.4, -0.2) is 41.2 Å². The molecule has 5 heteroatoms. The molecule has 0 saturated carbocycles. The van der Waals surface area contributed by atoms with Crippen LogP contribution in [0.3, 0.4) is 0 Å². The van der Waals surface area contributed by atoms with E-state index in [2.05, 4.69) is 16.0 Å². The summed E-state index contributed by atoms with van der Waals surface area (Å²) < 4.78 is 0.811. The first-order valence-corrected chi connectivity index (χ1v) is 6.18. The Bertz CT molecular complexity index is 421. The van der Waals surface area contributed by atoms with Crippen molar-refractivity contribution in [1.82, 2.24) is 9.88 Å². The number of nitrogens with zero attached hydrogens (tertiary/aromatic N) is 1. The van der Waals surface area contributed by atoms with E-state index in [1.807, 2.05) is 12.4 Å². The van der Waals surface area contributed by atoms with Crippen LogP contribution in [0.25, 0.3) is 5.57 Å². The van der Waals surface area contributed by atoms with Crippen molar-refractivity contribution in [3.8, 4) is 0 Å². The normalized spacial score (nSPS) is 22.8. The van der Waals surface area contributed by atoms with E-state index in [0.29, 0.717) is 0 Å². The predicted molar refractivity (Wildman–Crippen MR) is 65.6 cm³/mol. The van der Waals surface area contributed by atoms with Crippen molar-refractivity contribution in [1.29, 1.82) is 0 Å². The molecular formula is C10H14N2OS2. The average molecular weight is 242 g/mol. The van der Waals surface area contributed by atoms with Crippen molar-refractivity contribution in [2.75, 3.05) is 20.2 Å². The number of hydrogen-bond donors (Lipinski definition) is 2. The third kappa shape index (κ3) is 2.36. The molecule has 82 valence electrons. The van der Waals surface area contributed by atoms with E-state index in [1.165, 1.54) is 5.57 Å². The number of aromatic nitrogens is 1. The Hall–Kier alpha value is -0.490. The zero-order valence-corrected chi connectivity index (χ0v) is 10.2. The van der Waals surface area contributed by atoms with Gasteiger partial charge in [-0.15, -0.1) is 11.3 Å². The van der Waals surface area contributed by atoms with Crippen molar-refractivity contribution in [3.63, 3.8) is 0 Å². The van der Waals surface area contributed by atoms with Gasteiger partial charge in [0.05, 0.1) is 12.3 Å². The lowest BCUT2D eigenvalue weighted by Gasteiger charge is -2.30. The Balaban J connectivity index is 2.21. The van der Waals surface area contributed by atoms with E-state index in [0.717, 1.165) is 22.6 Å². The maximum atomic E-state index is 9.23. The largest absolute Gasteiger partial charge is 0.395 e. The Labute approximate surface area is 98.1 Å². The molecule has 1 aliphatic rings. The van der Waals surface area contributed by atoms with Gasteiger partial charge in [0.2, 0.25) is 0 Å². The highest BCUT2D eigenvalue weighted by atomic mass is 32.1. The van der Waals surface area contributed by atoms with Gasteiger partial charge in [-0.1, -0.05) is 6.08 Å². The highest BCUT2D eigenvalue weighted by Gasteiger charge is 2.20. The molecule has 2 heterocycles. The molecule has 1 atom stereocenters. The van der Waals surface area contributed by atoms with Crippen molar-refractivity contribution in [3.05, 3.63) is 21.1 Å². The standard InChI is InChI=1S/C10H14N2OS2/c1-12-3-2-7(4-8(12)5-13)9-6-15-10(14)11-9/h2,6,8,13H,3-5H2,1H3,(H,11,14)/t8-/m0/s1. The van der Waals surface area contributed by atoms with Gasteiger partial charge < -0.3 is 10.1 Å². The van der Waals surface area contributed by atoms with E-state index < -0.39 is 0 Å². The SMILES string of the molecule is CN1CC=C(c2csc(=S)[nH]2)C[C@H]1CO. The number of aromatic amines is 1. The lowest BCUT2D eigenvalue weighted by Crippen LogP contribution is -2.37. The molecule has 15 heavy (non-hydrogen) atoms. The second-order valence-electron chi connectivity index (χ2n) is 3.77. The Morgan fingerprint density at radius 1 is 1.73 bits per heavy atom. The van der Waals surface area contributed by atoms with Crippen LogP contribution in [-0.2, 0) is 0 Å². The second-order valence-corrected chi connectivity index (χ2v) is 5.32. The molecule has 0 amide bonds. The van der Waals surface area contributed by atoms with Crippen molar-refractivity contribution < 1.29 is 5.11 Å². The second kappa shape index (κ2) is 4.57. The molecule has 0 fully saturated rings. The minimum absolute atomic E-state index is 0.207. The number of H-pyrrole nitrogens is 1. The van der Waals surface area contributed by atoms with Gasteiger partial charge in [-0.25, -0.2) is 0 Å². The zero-order chi connectivity index (χ0) is 10.8. The van der Waals surface area contributed by atoms with Crippen LogP contribution in [0, 0.1) is 3.95 Å². The summed E-state index contributed by atoms with van der Waals surface area (Å²) in [5, 5.41) is 11.3. The third-order valence-electron chi connectivity index (χ3n) is 2.78. The van der Waals surface area contributed by atoms with Crippen molar-refractivity contribution in [2.24, 2.45) is 0 Å². The van der Waals surface area contributed by atoms with Gasteiger partial charge in [-0.05, 0) is 31.3 Å². The lowest BCUT2D eigenvalue weighted by molar-refractivity contribution is 0.155. The first-order chi connectivity index (χ1) is 7.20. The number of rotatable bonds is 2. The number of likely N-dealkylation sites (N-methyl/N-ethyl adjacent to an activating group) is 1. The molecule has 0 aliphatic carbocycles. The third-order valence-corrected chi connectivity index (χ3v) is 3.84. The Morgan fingerprint density at radius 3 is 3.13 bits per heavy atom. The first kappa shape index (κ1) is 11.0. The van der Waals surface area contributed by atoms with Crippen LogP contribution < -0.4 is 0 Å². The number of nitrogens with one attached hydrogen (secondary N) is 1. The summed E-state index contributed by atoms with van der Waals surface area (Å²) >= 11 is 6.61. The van der Waals surface area contributed by atoms with Gasteiger partial charge >= 0.3 is 0 Å². The molecule has 0 spiro atoms. The first-order valence-electron chi connectivity index (χ1n) is 4.89. The van der Waals surface area contributed by atoms with E-state index in [4.69, 9.17) is 12.2 Å². The van der Waals surface area contributed by atoms with Crippen LogP contribution in [0.15, 0.2) is 11.5 Å². The van der Waals surface area contributed by atoms with Gasteiger partial charge in [0.1, 0.15) is 0 Å². The summed E-state index contributed by atoms with van der Waals surface area (Å²) in [5.74, 6) is 0. The Morgan fingerprint density at radius 2 is 2.53 bits per heavy atom. The van der Waals surface area contributed by atoms with Gasteiger partial charge in [0.15, 0.2) is 3.95 Å². The maximum absolute atomic E-state index is 9.23. The van der Waals surface area contributed by atoms with Crippen molar-refractivity contribution >= 4 is 29.1 Å². The van der Waals surface area contributed by atoms with Crippen LogP contribution >= 0.6 is 23.6 Å². The molecular weight excluding hydrogens is 228 g/mol. The molecule has 2 N–H and O–H groups in total. The van der Waals surface area contributed by atoms with Crippen LogP contribution in [0.5, 0.6) is 0 Å². The summed E-state index contributed by atoms with van der Waals surface area (Å²) in [6.45, 7) is 1.09. The molecule has 0 bridgehead atoms. The maximum Gasteiger partial charge on any atom is 0.158 e. The van der Waals surface area contributed by atoms with E-state index in [9.17, 15) is 5.11 Å². The molecule has 2 rings (SSSR count). The summed E-state index contributed by atoms with van der Waals surface area (Å²) in [6, 6.07) is 0.229. The lowest BCUT2D eigenvalue weighted by atomic mass is 9.99. The van der Waals surface area contributed by atoms with Crippen LogP contribution in [0.2, 0.25) is 0 Å². The number of aliphatic hydroxyl groups excluding tert-OH is 1. The number of hydrogen-bond acceptors (Lipinski definition) is 4. The van der Waals surface area contributed by atoms with E-state index >= 15 is 0 Å². The van der Waals surface area contributed by atoms with Crippen LogP contribution in [0.1, 0.15) is 12.1 Å². The van der Waals surface area contributed by atoms with Crippen LogP contribution in [0.4, 0.5) is 0 Å². The molecule has 0 aromatic carbocycles. The minimum Gasteiger partial charge on any atom is -0.395 e. The highest BCUT2D eigenvalue weighted by molar-refractivity contribution is 7.73. The summed E-state index contributed by atoms with van der Waals surface area (Å²) in [4.78, 5) is 5.33. The summed E-state index contributed by atoms with van der Waals surface area (Å²) in [6.07, 6.45) is 3.08. The van der Waals surface area contributed by atoms with E-state index in [-0.39, 0.29) is 12.6 Å². The van der Waals surface area contributed by atoms with Gasteiger partial charge in [-0.2, -0.15) is 0 Å². The van der Waals surface area contributed by atoms with Gasteiger partial charge in [0, 0.05) is 18.0 Å². The molecule has 1 aromatic rings. The molecule has 0 radical (unpaired) electrons. The molecule has 0 unspecified atom stereocenters. The topological polar surface area (TPSA) is 39.3 Å². The van der Waals surface area contributed by atoms with Crippen molar-refractivity contribution in [2.45, 2.75) is 12.5 Å². The molecule has 3 nitrogen and oxygen atoms in total. The number of thiazole rings is 1. The smallest absolute Gasteiger partial charge is 0.158 e. The molecule has 1 aromatic heterocycles. The fourth-order valence-corrected chi connectivity index (χ4v) is 2.62. The number of aliphatic hydroxyl groups is 1. The molecule has 1 aliphatic heterocycles. The van der Waals surface area contributed by atoms with Gasteiger partial charge in [0.25, 0.3) is 0 Å². The highest BCUT2D eigenvalue weighted by Crippen LogP contribution is 2.25. The quantitative estimate of drug-likeness (QED) is 0.778. The monoisotopic (exact) mass is 242 g/mol. The zero-order valence-electron chi connectivity index (χ0n) is 8.56. The summed E-state index contributed by atoms with van der Waals surface area (Å²) in [5.41, 5.74) is 2.37. The fraction of sp³-hybridized carbons (Fsp3) is 0.500. The predicted octanol–water partition coefficient (Wildman–Crippen LogP) is 1.89. The molecule has 0 saturated heterocycles. The van der Waals surface area contributed by atoms with E-state index in [1.54, 1.807) is 11.3 Å². The summed E-state index contributed by atoms with van der Waals surface area (Å²) in [7, 11) is 2.03. The Kier molecular flexibility index (Phi) is 3.35. The minimum atomic E-state index is 0.207. The fourth-order valence-electron chi connectivity index (χ4n) is 1.76.